The summed E-state index contributed by atoms with van der Waals surface area (Å²) in [5.41, 5.74) is -0.814. The Hall–Kier alpha value is -0.610. The highest BCUT2D eigenvalue weighted by atomic mass is 16.5. The van der Waals surface area contributed by atoms with Crippen molar-refractivity contribution in [1.82, 2.24) is 10.4 Å². The summed E-state index contributed by atoms with van der Waals surface area (Å²) in [6.07, 6.45) is 14.4. The second-order valence-electron chi connectivity index (χ2n) is 9.60. The largest absolute Gasteiger partial charge is 0.353 e. The van der Waals surface area contributed by atoms with Crippen LogP contribution >= 0.6 is 0 Å². The van der Waals surface area contributed by atoms with E-state index in [1.54, 1.807) is 0 Å². The molecule has 165 valence electrons. The number of nitrogens with zero attached hydrogens (tertiary/aromatic N) is 1. The van der Waals surface area contributed by atoms with Crippen LogP contribution in [0.15, 0.2) is 0 Å². The molecule has 0 aromatic heterocycles. The molecular weight excluding hydrogens is 348 g/mol. The molecule has 28 heavy (non-hydrogen) atoms. The van der Waals surface area contributed by atoms with Gasteiger partial charge in [0.25, 0.3) is 0 Å². The summed E-state index contributed by atoms with van der Waals surface area (Å²) >= 11 is 0. The molecule has 0 saturated carbocycles. The van der Waals surface area contributed by atoms with E-state index in [4.69, 9.17) is 0 Å². The Balaban J connectivity index is 2.40. The number of nitrogens with one attached hydrogen (secondary N) is 1. The minimum atomic E-state index is -0.418. The Bertz CT molecular complexity index is 456. The van der Waals surface area contributed by atoms with Crippen LogP contribution in [0.25, 0.3) is 0 Å². The van der Waals surface area contributed by atoms with E-state index in [0.29, 0.717) is 6.42 Å². The van der Waals surface area contributed by atoms with Gasteiger partial charge < -0.3 is 5.32 Å². The second kappa shape index (κ2) is 12.2. The van der Waals surface area contributed by atoms with E-state index < -0.39 is 11.1 Å². The highest BCUT2D eigenvalue weighted by molar-refractivity contribution is 5.76. The summed E-state index contributed by atoms with van der Waals surface area (Å²) in [6.45, 7) is 12.7. The lowest BCUT2D eigenvalue weighted by Gasteiger charge is -2.56. The number of amides is 1. The van der Waals surface area contributed by atoms with Crippen molar-refractivity contribution in [3.8, 4) is 0 Å². The van der Waals surface area contributed by atoms with Crippen molar-refractivity contribution in [1.29, 1.82) is 0 Å². The molecule has 0 spiro atoms. The maximum absolute atomic E-state index is 13.0. The molecule has 1 aliphatic rings. The zero-order valence-corrected chi connectivity index (χ0v) is 19.6. The van der Waals surface area contributed by atoms with Crippen molar-refractivity contribution in [2.24, 2.45) is 5.92 Å². The van der Waals surface area contributed by atoms with Crippen LogP contribution in [0, 0.1) is 5.92 Å². The highest BCUT2D eigenvalue weighted by Gasteiger charge is 2.53. The van der Waals surface area contributed by atoms with Crippen LogP contribution < -0.4 is 5.32 Å². The predicted octanol–water partition coefficient (Wildman–Crippen LogP) is 6.42. The van der Waals surface area contributed by atoms with E-state index in [-0.39, 0.29) is 17.9 Å². The minimum Gasteiger partial charge on any atom is -0.353 e. The lowest BCUT2D eigenvalue weighted by atomic mass is 9.68. The lowest BCUT2D eigenvalue weighted by molar-refractivity contribution is -0.313. The summed E-state index contributed by atoms with van der Waals surface area (Å²) in [4.78, 5) is 12.5. The molecule has 4 heteroatoms. The van der Waals surface area contributed by atoms with Gasteiger partial charge in [-0.25, -0.2) is 0 Å². The Labute approximate surface area is 174 Å². The lowest BCUT2D eigenvalue weighted by Crippen LogP contribution is -2.68. The fourth-order valence-corrected chi connectivity index (χ4v) is 4.77. The molecule has 4 atom stereocenters. The third-order valence-electron chi connectivity index (χ3n) is 7.53. The summed E-state index contributed by atoms with van der Waals surface area (Å²) in [5.74, 6) is 0.317. The molecule has 0 aliphatic carbocycles. The molecule has 0 aromatic carbocycles. The van der Waals surface area contributed by atoms with Gasteiger partial charge in [0.2, 0.25) is 5.91 Å². The summed E-state index contributed by atoms with van der Waals surface area (Å²) in [5, 5.41) is 17.7. The van der Waals surface area contributed by atoms with E-state index in [2.05, 4.69) is 46.9 Å². The van der Waals surface area contributed by atoms with Crippen molar-refractivity contribution >= 4 is 5.91 Å². The number of unbranched alkanes of at least 4 members (excludes halogenated alkanes) is 8. The van der Waals surface area contributed by atoms with Gasteiger partial charge in [0.15, 0.2) is 0 Å². The first-order valence-electron chi connectivity index (χ1n) is 12.0. The number of rotatable bonds is 13. The van der Waals surface area contributed by atoms with E-state index in [9.17, 15) is 10.0 Å². The number of hydrogen-bond donors (Lipinski definition) is 1. The van der Waals surface area contributed by atoms with E-state index in [1.807, 2.05) is 0 Å². The summed E-state index contributed by atoms with van der Waals surface area (Å²) < 4.78 is 0. The number of piperidine rings is 1. The molecule has 1 radical (unpaired) electrons. The van der Waals surface area contributed by atoms with E-state index in [0.717, 1.165) is 32.1 Å². The van der Waals surface area contributed by atoms with Gasteiger partial charge in [-0.3, -0.25) is 4.79 Å². The van der Waals surface area contributed by atoms with Gasteiger partial charge in [-0.05, 0) is 45.4 Å². The zero-order chi connectivity index (χ0) is 21.2. The molecule has 4 nitrogen and oxygen atoms in total. The number of hydroxylamine groups is 2. The first-order chi connectivity index (χ1) is 13.2. The van der Waals surface area contributed by atoms with Gasteiger partial charge in [0, 0.05) is 18.0 Å². The van der Waals surface area contributed by atoms with Gasteiger partial charge in [-0.2, -0.15) is 0 Å². The second-order valence-corrected chi connectivity index (χ2v) is 9.60. The molecule has 4 unspecified atom stereocenters. The minimum absolute atomic E-state index is 0.0890. The smallest absolute Gasteiger partial charge is 0.220 e. The van der Waals surface area contributed by atoms with Gasteiger partial charge in [0.1, 0.15) is 0 Å². The SMILES string of the molecule is CCCCCCCCCCCC(=O)NC1CC(C)(CC)N([O])C(C)(CC)C1C. The third-order valence-corrected chi connectivity index (χ3v) is 7.53. The average molecular weight is 396 g/mol. The standard InChI is InChI=1S/C24H47N2O2/c1-7-10-11-12-13-14-15-16-17-18-22(27)25-21-19-23(5,8-2)26(28)24(6,9-3)20(21)4/h20-21H,7-19H2,1-6H3,(H,25,27). The quantitative estimate of drug-likeness (QED) is 0.366. The fraction of sp³-hybridized carbons (Fsp3) is 0.958. The van der Waals surface area contributed by atoms with E-state index >= 15 is 0 Å². The summed E-state index contributed by atoms with van der Waals surface area (Å²) in [7, 11) is 0. The highest BCUT2D eigenvalue weighted by Crippen LogP contribution is 2.44. The maximum Gasteiger partial charge on any atom is 0.220 e. The van der Waals surface area contributed by atoms with Crippen molar-refractivity contribution in [3.05, 3.63) is 0 Å². The van der Waals surface area contributed by atoms with Crippen LogP contribution in [0.1, 0.15) is 125 Å². The molecule has 1 heterocycles. The van der Waals surface area contributed by atoms with Crippen LogP contribution in [-0.2, 0) is 10.0 Å². The normalized spacial score (nSPS) is 31.1. The summed E-state index contributed by atoms with van der Waals surface area (Å²) in [6, 6.07) is 0.0890. The van der Waals surface area contributed by atoms with E-state index in [1.165, 1.54) is 50.0 Å². The van der Waals surface area contributed by atoms with Crippen molar-refractivity contribution in [2.75, 3.05) is 0 Å². The Morgan fingerprint density at radius 1 is 0.929 bits per heavy atom. The number of carbonyl (C=O) groups is 1. The average Bonchev–Trinajstić information content (AvgIpc) is 2.69. The Morgan fingerprint density at radius 3 is 1.96 bits per heavy atom. The molecule has 0 bridgehead atoms. The van der Waals surface area contributed by atoms with Gasteiger partial charge in [-0.1, -0.05) is 79.1 Å². The van der Waals surface area contributed by atoms with Crippen molar-refractivity contribution in [3.63, 3.8) is 0 Å². The third kappa shape index (κ3) is 6.73. The Morgan fingerprint density at radius 2 is 1.46 bits per heavy atom. The fourth-order valence-electron chi connectivity index (χ4n) is 4.77. The van der Waals surface area contributed by atoms with Gasteiger partial charge in [0.05, 0.1) is 5.54 Å². The van der Waals surface area contributed by atoms with Crippen LogP contribution in [0.2, 0.25) is 0 Å². The van der Waals surface area contributed by atoms with Gasteiger partial charge >= 0.3 is 0 Å². The number of hydrogen-bond acceptors (Lipinski definition) is 2. The molecule has 0 aromatic rings. The molecule has 1 aliphatic heterocycles. The molecule has 1 amide bonds. The predicted molar refractivity (Wildman–Crippen MR) is 117 cm³/mol. The molecular formula is C24H47N2O2. The van der Waals surface area contributed by atoms with Crippen LogP contribution in [0.3, 0.4) is 0 Å². The molecule has 1 fully saturated rings. The first-order valence-corrected chi connectivity index (χ1v) is 12.0. The maximum atomic E-state index is 13.0. The monoisotopic (exact) mass is 395 g/mol. The molecule has 1 rings (SSSR count). The molecule has 1 N–H and O–H groups in total. The zero-order valence-electron chi connectivity index (χ0n) is 19.6. The van der Waals surface area contributed by atoms with Crippen LogP contribution in [0.4, 0.5) is 0 Å². The van der Waals surface area contributed by atoms with Crippen LogP contribution in [-0.4, -0.2) is 28.1 Å². The molecule has 1 saturated heterocycles. The first kappa shape index (κ1) is 25.4. The number of carbonyl (C=O) groups excluding carboxylic acids is 1. The van der Waals surface area contributed by atoms with Crippen LogP contribution in [0.5, 0.6) is 0 Å². The van der Waals surface area contributed by atoms with Crippen molar-refractivity contribution < 1.29 is 10.0 Å². The Kier molecular flexibility index (Phi) is 11.1. The topological polar surface area (TPSA) is 52.2 Å². The van der Waals surface area contributed by atoms with Gasteiger partial charge in [-0.15, -0.1) is 10.3 Å². The van der Waals surface area contributed by atoms with Crippen molar-refractivity contribution in [2.45, 2.75) is 142 Å².